The molecule has 0 bridgehead atoms. The SMILES string of the molecule is O=C(NCC1(c2ccc(F)cc2)CCCC1)C1CCCS1(=O)=O. The number of amides is 1. The van der Waals surface area contributed by atoms with Crippen molar-refractivity contribution in [2.24, 2.45) is 0 Å². The van der Waals surface area contributed by atoms with Crippen LogP contribution in [0.25, 0.3) is 0 Å². The molecule has 1 aromatic rings. The quantitative estimate of drug-likeness (QED) is 0.916. The highest BCUT2D eigenvalue weighted by Crippen LogP contribution is 2.40. The van der Waals surface area contributed by atoms with Crippen LogP contribution in [-0.4, -0.2) is 31.9 Å². The van der Waals surface area contributed by atoms with Crippen molar-refractivity contribution in [1.82, 2.24) is 5.32 Å². The van der Waals surface area contributed by atoms with Crippen LogP contribution in [0, 0.1) is 5.82 Å². The highest BCUT2D eigenvalue weighted by molar-refractivity contribution is 7.93. The summed E-state index contributed by atoms with van der Waals surface area (Å²) in [7, 11) is -3.28. The Bertz CT molecular complexity index is 678. The van der Waals surface area contributed by atoms with Gasteiger partial charge in [-0.3, -0.25) is 4.79 Å². The van der Waals surface area contributed by atoms with Crippen molar-refractivity contribution in [2.45, 2.75) is 49.2 Å². The number of rotatable bonds is 4. The summed E-state index contributed by atoms with van der Waals surface area (Å²) in [5, 5.41) is 1.97. The van der Waals surface area contributed by atoms with E-state index in [1.165, 1.54) is 12.1 Å². The summed E-state index contributed by atoms with van der Waals surface area (Å²) in [6.45, 7) is 0.420. The molecule has 6 heteroatoms. The molecule has 1 aliphatic heterocycles. The van der Waals surface area contributed by atoms with Crippen molar-refractivity contribution in [1.29, 1.82) is 0 Å². The summed E-state index contributed by atoms with van der Waals surface area (Å²) in [6, 6.07) is 6.44. The Morgan fingerprint density at radius 3 is 2.39 bits per heavy atom. The van der Waals surface area contributed by atoms with E-state index in [4.69, 9.17) is 0 Å². The number of carbonyl (C=O) groups excluding carboxylic acids is 1. The molecule has 1 aliphatic carbocycles. The number of hydrogen-bond donors (Lipinski definition) is 1. The van der Waals surface area contributed by atoms with Crippen molar-refractivity contribution in [2.75, 3.05) is 12.3 Å². The van der Waals surface area contributed by atoms with Crippen LogP contribution in [0.2, 0.25) is 0 Å². The summed E-state index contributed by atoms with van der Waals surface area (Å²) >= 11 is 0. The minimum absolute atomic E-state index is 0.105. The fourth-order valence-corrected chi connectivity index (χ4v) is 5.67. The molecule has 3 rings (SSSR count). The maximum atomic E-state index is 13.2. The smallest absolute Gasteiger partial charge is 0.238 e. The second-order valence-corrected chi connectivity index (χ2v) is 9.01. The monoisotopic (exact) mass is 339 g/mol. The van der Waals surface area contributed by atoms with Gasteiger partial charge in [-0.1, -0.05) is 25.0 Å². The fourth-order valence-electron chi connectivity index (χ4n) is 3.88. The van der Waals surface area contributed by atoms with E-state index >= 15 is 0 Å². The minimum Gasteiger partial charge on any atom is -0.354 e. The molecule has 4 nitrogen and oxygen atoms in total. The highest BCUT2D eigenvalue weighted by atomic mass is 32.2. The molecule has 1 saturated carbocycles. The summed E-state index contributed by atoms with van der Waals surface area (Å²) in [4.78, 5) is 12.3. The average Bonchev–Trinajstić information content (AvgIpc) is 3.12. The third-order valence-corrected chi connectivity index (χ3v) is 7.41. The fraction of sp³-hybridized carbons (Fsp3) is 0.588. The Morgan fingerprint density at radius 2 is 1.83 bits per heavy atom. The van der Waals surface area contributed by atoms with Gasteiger partial charge in [0.1, 0.15) is 11.1 Å². The van der Waals surface area contributed by atoms with Crippen LogP contribution < -0.4 is 5.32 Å². The second kappa shape index (κ2) is 6.23. The first-order valence-corrected chi connectivity index (χ1v) is 9.90. The Morgan fingerprint density at radius 1 is 1.17 bits per heavy atom. The molecule has 1 heterocycles. The summed E-state index contributed by atoms with van der Waals surface area (Å²) in [5.41, 5.74) is 0.817. The van der Waals surface area contributed by atoms with Crippen LogP contribution in [0.5, 0.6) is 0 Å². The standard InChI is InChI=1S/C17H22FNO3S/c18-14-7-5-13(6-8-14)17(9-1-2-10-17)12-19-16(20)15-4-3-11-23(15,21)22/h5-8,15H,1-4,9-12H2,(H,19,20). The van der Waals surface area contributed by atoms with E-state index in [0.29, 0.717) is 19.4 Å². The van der Waals surface area contributed by atoms with Gasteiger partial charge in [-0.2, -0.15) is 0 Å². The van der Waals surface area contributed by atoms with Gasteiger partial charge < -0.3 is 5.32 Å². The maximum Gasteiger partial charge on any atom is 0.238 e. The number of benzene rings is 1. The lowest BCUT2D eigenvalue weighted by Gasteiger charge is -2.30. The van der Waals surface area contributed by atoms with Gasteiger partial charge in [-0.25, -0.2) is 12.8 Å². The van der Waals surface area contributed by atoms with Gasteiger partial charge in [0.05, 0.1) is 5.75 Å². The minimum atomic E-state index is -3.28. The van der Waals surface area contributed by atoms with Gasteiger partial charge in [-0.15, -0.1) is 0 Å². The van der Waals surface area contributed by atoms with Crippen molar-refractivity contribution in [3.05, 3.63) is 35.6 Å². The molecule has 0 aromatic heterocycles. The average molecular weight is 339 g/mol. The number of halogens is 1. The molecule has 1 N–H and O–H groups in total. The summed E-state index contributed by atoms with van der Waals surface area (Å²) in [6.07, 6.45) is 4.96. The van der Waals surface area contributed by atoms with E-state index in [0.717, 1.165) is 31.2 Å². The molecule has 1 aromatic carbocycles. The third-order valence-electron chi connectivity index (χ3n) is 5.24. The predicted octanol–water partition coefficient (Wildman–Crippen LogP) is 2.33. The molecule has 2 fully saturated rings. The van der Waals surface area contributed by atoms with Crippen LogP contribution in [0.3, 0.4) is 0 Å². The van der Waals surface area contributed by atoms with Gasteiger partial charge in [0.15, 0.2) is 9.84 Å². The lowest BCUT2D eigenvalue weighted by atomic mass is 9.78. The van der Waals surface area contributed by atoms with E-state index in [1.54, 1.807) is 12.1 Å². The van der Waals surface area contributed by atoms with Gasteiger partial charge in [0.25, 0.3) is 0 Å². The van der Waals surface area contributed by atoms with E-state index in [-0.39, 0.29) is 22.9 Å². The van der Waals surface area contributed by atoms with Crippen molar-refractivity contribution < 1.29 is 17.6 Å². The Labute approximate surface area is 136 Å². The molecule has 0 spiro atoms. The Balaban J connectivity index is 1.73. The number of hydrogen-bond acceptors (Lipinski definition) is 3. The van der Waals surface area contributed by atoms with Gasteiger partial charge in [0, 0.05) is 12.0 Å². The summed E-state index contributed by atoms with van der Waals surface area (Å²) in [5.74, 6) is -0.548. The Kier molecular flexibility index (Phi) is 4.45. The zero-order valence-corrected chi connectivity index (χ0v) is 13.9. The second-order valence-electron chi connectivity index (χ2n) is 6.71. The van der Waals surface area contributed by atoms with Crippen LogP contribution in [0.1, 0.15) is 44.1 Å². The first-order valence-electron chi connectivity index (χ1n) is 8.18. The maximum absolute atomic E-state index is 13.2. The van der Waals surface area contributed by atoms with E-state index in [2.05, 4.69) is 5.32 Å². The molecule has 2 aliphatic rings. The zero-order chi connectivity index (χ0) is 16.5. The number of nitrogens with one attached hydrogen (secondary N) is 1. The number of sulfone groups is 1. The van der Waals surface area contributed by atoms with Gasteiger partial charge in [-0.05, 0) is 43.4 Å². The first-order chi connectivity index (χ1) is 10.9. The molecule has 0 radical (unpaired) electrons. The molecule has 126 valence electrons. The van der Waals surface area contributed by atoms with Crippen molar-refractivity contribution in [3.63, 3.8) is 0 Å². The number of carbonyl (C=O) groups is 1. The predicted molar refractivity (Wildman–Crippen MR) is 86.4 cm³/mol. The highest BCUT2D eigenvalue weighted by Gasteiger charge is 2.40. The molecule has 23 heavy (non-hydrogen) atoms. The van der Waals surface area contributed by atoms with Crippen LogP contribution in [0.15, 0.2) is 24.3 Å². The van der Waals surface area contributed by atoms with Crippen LogP contribution in [0.4, 0.5) is 4.39 Å². The van der Waals surface area contributed by atoms with Gasteiger partial charge >= 0.3 is 0 Å². The van der Waals surface area contributed by atoms with E-state index in [9.17, 15) is 17.6 Å². The van der Waals surface area contributed by atoms with E-state index < -0.39 is 15.1 Å². The lowest BCUT2D eigenvalue weighted by Crippen LogP contribution is -2.44. The molecule has 1 amide bonds. The zero-order valence-electron chi connectivity index (χ0n) is 13.1. The van der Waals surface area contributed by atoms with Crippen LogP contribution in [-0.2, 0) is 20.0 Å². The van der Waals surface area contributed by atoms with Gasteiger partial charge in [0.2, 0.25) is 5.91 Å². The van der Waals surface area contributed by atoms with Crippen molar-refractivity contribution in [3.8, 4) is 0 Å². The van der Waals surface area contributed by atoms with Crippen molar-refractivity contribution >= 4 is 15.7 Å². The molecular formula is C17H22FNO3S. The molecule has 1 atom stereocenters. The summed E-state index contributed by atoms with van der Waals surface area (Å²) < 4.78 is 36.9. The Hall–Kier alpha value is -1.43. The van der Waals surface area contributed by atoms with E-state index in [1.807, 2.05) is 0 Å². The largest absolute Gasteiger partial charge is 0.354 e. The molecule has 1 unspecified atom stereocenters. The normalized spacial score (nSPS) is 25.3. The molecule has 1 saturated heterocycles. The third kappa shape index (κ3) is 3.27. The first kappa shape index (κ1) is 16.4. The topological polar surface area (TPSA) is 63.2 Å². The lowest BCUT2D eigenvalue weighted by molar-refractivity contribution is -0.121. The van der Waals surface area contributed by atoms with Crippen LogP contribution >= 0.6 is 0 Å². The molecular weight excluding hydrogens is 317 g/mol.